The summed E-state index contributed by atoms with van der Waals surface area (Å²) in [6, 6.07) is 0. The first kappa shape index (κ1) is 9.05. The Labute approximate surface area is 70.4 Å². The summed E-state index contributed by atoms with van der Waals surface area (Å²) in [5.74, 6) is 1.79. The molecule has 0 atom stereocenters. The predicted molar refractivity (Wildman–Crippen MR) is 49.4 cm³/mol. The van der Waals surface area contributed by atoms with Crippen LogP contribution in [0.25, 0.3) is 0 Å². The molecular formula is C10H21N. The third-order valence-corrected chi connectivity index (χ3v) is 3.12. The van der Waals surface area contributed by atoms with Gasteiger partial charge in [0, 0.05) is 5.54 Å². The molecule has 0 spiro atoms. The molecule has 1 nitrogen and oxygen atoms in total. The number of hydrogen-bond donors (Lipinski definition) is 1. The van der Waals surface area contributed by atoms with Crippen LogP contribution in [-0.2, 0) is 0 Å². The lowest BCUT2D eigenvalue weighted by atomic mass is 9.74. The van der Waals surface area contributed by atoms with Crippen LogP contribution in [0.15, 0.2) is 0 Å². The van der Waals surface area contributed by atoms with Gasteiger partial charge in [-0.25, -0.2) is 0 Å². The van der Waals surface area contributed by atoms with Crippen LogP contribution >= 0.6 is 0 Å². The molecular weight excluding hydrogens is 134 g/mol. The van der Waals surface area contributed by atoms with Crippen molar-refractivity contribution < 1.29 is 0 Å². The molecule has 0 amide bonds. The minimum Gasteiger partial charge on any atom is -0.325 e. The van der Waals surface area contributed by atoms with Crippen molar-refractivity contribution in [2.45, 2.75) is 52.0 Å². The molecule has 0 saturated heterocycles. The van der Waals surface area contributed by atoms with E-state index in [1.165, 1.54) is 25.7 Å². The molecule has 1 fully saturated rings. The average Bonchev–Trinajstić information content (AvgIpc) is 1.86. The smallest absolute Gasteiger partial charge is 0.0126 e. The normalized spacial score (nSPS) is 39.5. The first-order valence-corrected chi connectivity index (χ1v) is 4.80. The van der Waals surface area contributed by atoms with Gasteiger partial charge in [0.2, 0.25) is 0 Å². The lowest BCUT2D eigenvalue weighted by Gasteiger charge is -2.35. The second-order valence-electron chi connectivity index (χ2n) is 4.74. The van der Waals surface area contributed by atoms with Crippen molar-refractivity contribution >= 4 is 0 Å². The summed E-state index contributed by atoms with van der Waals surface area (Å²) in [5.41, 5.74) is 6.18. The Balaban J connectivity index is 2.36. The van der Waals surface area contributed by atoms with E-state index < -0.39 is 0 Å². The summed E-state index contributed by atoms with van der Waals surface area (Å²) in [4.78, 5) is 0. The quantitative estimate of drug-likeness (QED) is 0.618. The van der Waals surface area contributed by atoms with Crippen molar-refractivity contribution in [2.24, 2.45) is 17.6 Å². The monoisotopic (exact) mass is 155 g/mol. The Kier molecular flexibility index (Phi) is 2.58. The average molecular weight is 155 g/mol. The highest BCUT2D eigenvalue weighted by atomic mass is 14.7. The van der Waals surface area contributed by atoms with E-state index in [9.17, 15) is 0 Å². The standard InChI is InChI=1S/C10H21N/c1-8(2)9-4-6-10(3,11)7-5-9/h8-9H,4-7,11H2,1-3H3. The lowest BCUT2D eigenvalue weighted by molar-refractivity contribution is 0.208. The first-order chi connectivity index (χ1) is 5.01. The van der Waals surface area contributed by atoms with E-state index in [2.05, 4.69) is 20.8 Å². The van der Waals surface area contributed by atoms with Crippen molar-refractivity contribution in [2.75, 3.05) is 0 Å². The lowest BCUT2D eigenvalue weighted by Crippen LogP contribution is -2.40. The van der Waals surface area contributed by atoms with Gasteiger partial charge < -0.3 is 5.73 Å². The Morgan fingerprint density at radius 2 is 1.73 bits per heavy atom. The van der Waals surface area contributed by atoms with Gasteiger partial charge in [0.25, 0.3) is 0 Å². The van der Waals surface area contributed by atoms with Gasteiger partial charge in [-0.1, -0.05) is 13.8 Å². The molecule has 0 aromatic rings. The van der Waals surface area contributed by atoms with E-state index in [0.717, 1.165) is 11.8 Å². The van der Waals surface area contributed by atoms with Gasteiger partial charge in [-0.2, -0.15) is 0 Å². The molecule has 1 saturated carbocycles. The summed E-state index contributed by atoms with van der Waals surface area (Å²) in [6.45, 7) is 6.83. The molecule has 0 unspecified atom stereocenters. The van der Waals surface area contributed by atoms with Gasteiger partial charge in [0.15, 0.2) is 0 Å². The Morgan fingerprint density at radius 1 is 1.27 bits per heavy atom. The van der Waals surface area contributed by atoms with E-state index in [1.54, 1.807) is 0 Å². The van der Waals surface area contributed by atoms with Gasteiger partial charge >= 0.3 is 0 Å². The molecule has 0 aliphatic heterocycles. The zero-order valence-electron chi connectivity index (χ0n) is 8.06. The molecule has 0 radical (unpaired) electrons. The fourth-order valence-corrected chi connectivity index (χ4v) is 1.97. The van der Waals surface area contributed by atoms with Crippen molar-refractivity contribution in [3.05, 3.63) is 0 Å². The number of nitrogens with two attached hydrogens (primary N) is 1. The predicted octanol–water partition coefficient (Wildman–Crippen LogP) is 2.55. The Bertz CT molecular complexity index is 117. The topological polar surface area (TPSA) is 26.0 Å². The zero-order chi connectivity index (χ0) is 8.48. The molecule has 1 aliphatic carbocycles. The van der Waals surface area contributed by atoms with Gasteiger partial charge in [-0.15, -0.1) is 0 Å². The highest BCUT2D eigenvalue weighted by molar-refractivity contribution is 4.86. The van der Waals surface area contributed by atoms with Crippen molar-refractivity contribution in [1.29, 1.82) is 0 Å². The van der Waals surface area contributed by atoms with Gasteiger partial charge in [-0.3, -0.25) is 0 Å². The summed E-state index contributed by atoms with van der Waals surface area (Å²) >= 11 is 0. The Morgan fingerprint density at radius 3 is 2.09 bits per heavy atom. The van der Waals surface area contributed by atoms with E-state index in [-0.39, 0.29) is 5.54 Å². The fraction of sp³-hybridized carbons (Fsp3) is 1.00. The van der Waals surface area contributed by atoms with Crippen LogP contribution in [-0.4, -0.2) is 5.54 Å². The summed E-state index contributed by atoms with van der Waals surface area (Å²) < 4.78 is 0. The molecule has 2 N–H and O–H groups in total. The Hall–Kier alpha value is -0.0400. The minimum atomic E-state index is 0.144. The molecule has 1 aliphatic rings. The maximum atomic E-state index is 6.04. The third kappa shape index (κ3) is 2.48. The summed E-state index contributed by atoms with van der Waals surface area (Å²) in [6.07, 6.45) is 5.11. The maximum absolute atomic E-state index is 6.04. The summed E-state index contributed by atoms with van der Waals surface area (Å²) in [7, 11) is 0. The van der Waals surface area contributed by atoms with E-state index >= 15 is 0 Å². The SMILES string of the molecule is CC(C)C1CCC(C)(N)CC1. The van der Waals surface area contributed by atoms with Gasteiger partial charge in [-0.05, 0) is 44.4 Å². The van der Waals surface area contributed by atoms with Crippen LogP contribution in [0.5, 0.6) is 0 Å². The second-order valence-corrected chi connectivity index (χ2v) is 4.74. The van der Waals surface area contributed by atoms with E-state index in [4.69, 9.17) is 5.73 Å². The number of rotatable bonds is 1. The second kappa shape index (κ2) is 3.14. The molecule has 0 aromatic heterocycles. The molecule has 1 rings (SSSR count). The number of hydrogen-bond acceptors (Lipinski definition) is 1. The van der Waals surface area contributed by atoms with Crippen LogP contribution in [0.1, 0.15) is 46.5 Å². The van der Waals surface area contributed by atoms with Crippen molar-refractivity contribution in [1.82, 2.24) is 0 Å². The van der Waals surface area contributed by atoms with Crippen LogP contribution in [0, 0.1) is 11.8 Å². The molecule has 1 heteroatoms. The molecule has 0 bridgehead atoms. The highest BCUT2D eigenvalue weighted by Gasteiger charge is 2.28. The van der Waals surface area contributed by atoms with E-state index in [0.29, 0.717) is 0 Å². The molecule has 66 valence electrons. The van der Waals surface area contributed by atoms with Crippen LogP contribution in [0.4, 0.5) is 0 Å². The maximum Gasteiger partial charge on any atom is 0.0126 e. The molecule has 0 heterocycles. The summed E-state index contributed by atoms with van der Waals surface area (Å²) in [5, 5.41) is 0. The van der Waals surface area contributed by atoms with Gasteiger partial charge in [0.05, 0.1) is 0 Å². The van der Waals surface area contributed by atoms with Crippen molar-refractivity contribution in [3.8, 4) is 0 Å². The largest absolute Gasteiger partial charge is 0.325 e. The first-order valence-electron chi connectivity index (χ1n) is 4.80. The van der Waals surface area contributed by atoms with Gasteiger partial charge in [0.1, 0.15) is 0 Å². The van der Waals surface area contributed by atoms with Crippen LogP contribution < -0.4 is 5.73 Å². The zero-order valence-corrected chi connectivity index (χ0v) is 8.06. The van der Waals surface area contributed by atoms with E-state index in [1.807, 2.05) is 0 Å². The molecule has 11 heavy (non-hydrogen) atoms. The fourth-order valence-electron chi connectivity index (χ4n) is 1.97. The van der Waals surface area contributed by atoms with Crippen LogP contribution in [0.3, 0.4) is 0 Å². The van der Waals surface area contributed by atoms with Crippen LogP contribution in [0.2, 0.25) is 0 Å². The highest BCUT2D eigenvalue weighted by Crippen LogP contribution is 2.33. The third-order valence-electron chi connectivity index (χ3n) is 3.12. The van der Waals surface area contributed by atoms with Crippen molar-refractivity contribution in [3.63, 3.8) is 0 Å². The minimum absolute atomic E-state index is 0.144. The molecule has 0 aromatic carbocycles.